The summed E-state index contributed by atoms with van der Waals surface area (Å²) in [6.07, 6.45) is 3.50. The second-order valence-electron chi connectivity index (χ2n) is 3.34. The molecule has 1 aromatic heterocycles. The highest BCUT2D eigenvalue weighted by Gasteiger charge is 2.00. The van der Waals surface area contributed by atoms with E-state index in [1.165, 1.54) is 6.07 Å². The van der Waals surface area contributed by atoms with E-state index in [9.17, 15) is 4.39 Å². The van der Waals surface area contributed by atoms with Gasteiger partial charge in [-0.15, -0.1) is 0 Å². The minimum absolute atomic E-state index is 0.267. The predicted octanol–water partition coefficient (Wildman–Crippen LogP) is 3.60. The van der Waals surface area contributed by atoms with Gasteiger partial charge in [0.05, 0.1) is 4.47 Å². The highest BCUT2D eigenvalue weighted by atomic mass is 79.9. The zero-order valence-corrected chi connectivity index (χ0v) is 10.0. The van der Waals surface area contributed by atoms with Gasteiger partial charge in [-0.25, -0.2) is 4.39 Å². The van der Waals surface area contributed by atoms with Gasteiger partial charge in [0, 0.05) is 24.6 Å². The maximum Gasteiger partial charge on any atom is 0.139 e. The van der Waals surface area contributed by atoms with Gasteiger partial charge in [-0.3, -0.25) is 4.98 Å². The van der Waals surface area contributed by atoms with Crippen molar-refractivity contribution in [3.63, 3.8) is 0 Å². The highest BCUT2D eigenvalue weighted by molar-refractivity contribution is 9.10. The molecular formula is C12H10BrFN2. The molecular weight excluding hydrogens is 271 g/mol. The quantitative estimate of drug-likeness (QED) is 0.929. The first-order valence-electron chi connectivity index (χ1n) is 4.83. The molecule has 0 saturated heterocycles. The van der Waals surface area contributed by atoms with Crippen molar-refractivity contribution >= 4 is 21.6 Å². The average Bonchev–Trinajstić information content (AvgIpc) is 2.32. The predicted molar refractivity (Wildman–Crippen MR) is 65.7 cm³/mol. The number of hydrogen-bond acceptors (Lipinski definition) is 2. The van der Waals surface area contributed by atoms with Gasteiger partial charge in [0.1, 0.15) is 5.82 Å². The van der Waals surface area contributed by atoms with E-state index in [0.29, 0.717) is 11.0 Å². The molecule has 0 aliphatic heterocycles. The molecule has 0 fully saturated rings. The fourth-order valence-corrected chi connectivity index (χ4v) is 1.56. The Morgan fingerprint density at radius 1 is 1.31 bits per heavy atom. The molecule has 1 heterocycles. The van der Waals surface area contributed by atoms with Crippen LogP contribution in [0.4, 0.5) is 10.1 Å². The smallest absolute Gasteiger partial charge is 0.139 e. The van der Waals surface area contributed by atoms with Crippen molar-refractivity contribution in [1.82, 2.24) is 4.98 Å². The van der Waals surface area contributed by atoms with Crippen molar-refractivity contribution < 1.29 is 4.39 Å². The van der Waals surface area contributed by atoms with Gasteiger partial charge in [-0.2, -0.15) is 0 Å². The van der Waals surface area contributed by atoms with Crippen LogP contribution < -0.4 is 5.32 Å². The molecule has 0 radical (unpaired) electrons. The van der Waals surface area contributed by atoms with Gasteiger partial charge in [-0.1, -0.05) is 6.07 Å². The lowest BCUT2D eigenvalue weighted by atomic mass is 10.2. The summed E-state index contributed by atoms with van der Waals surface area (Å²) in [7, 11) is 0. The summed E-state index contributed by atoms with van der Waals surface area (Å²) in [5.74, 6) is -0.267. The normalized spacial score (nSPS) is 10.1. The molecule has 4 heteroatoms. The fraction of sp³-hybridized carbons (Fsp3) is 0.0833. The van der Waals surface area contributed by atoms with Crippen LogP contribution in [0.15, 0.2) is 47.2 Å². The first-order valence-corrected chi connectivity index (χ1v) is 5.63. The van der Waals surface area contributed by atoms with Crippen molar-refractivity contribution in [3.8, 4) is 0 Å². The monoisotopic (exact) mass is 280 g/mol. The van der Waals surface area contributed by atoms with Crippen LogP contribution in [0.25, 0.3) is 0 Å². The largest absolute Gasteiger partial charge is 0.381 e. The van der Waals surface area contributed by atoms with E-state index in [0.717, 1.165) is 11.3 Å². The third kappa shape index (κ3) is 2.79. The summed E-state index contributed by atoms with van der Waals surface area (Å²) in [5, 5.41) is 3.13. The summed E-state index contributed by atoms with van der Waals surface area (Å²) >= 11 is 3.11. The third-order valence-electron chi connectivity index (χ3n) is 2.14. The van der Waals surface area contributed by atoms with E-state index in [2.05, 4.69) is 26.2 Å². The van der Waals surface area contributed by atoms with Crippen LogP contribution in [0.2, 0.25) is 0 Å². The summed E-state index contributed by atoms with van der Waals surface area (Å²) in [6, 6.07) is 8.80. The molecule has 0 amide bonds. The molecule has 0 spiro atoms. The minimum atomic E-state index is -0.267. The van der Waals surface area contributed by atoms with Crippen molar-refractivity contribution in [2.45, 2.75) is 6.54 Å². The van der Waals surface area contributed by atoms with Crippen LogP contribution in [0.5, 0.6) is 0 Å². The Labute approximate surface area is 102 Å². The van der Waals surface area contributed by atoms with Crippen molar-refractivity contribution in [3.05, 3.63) is 58.6 Å². The van der Waals surface area contributed by atoms with Gasteiger partial charge in [0.25, 0.3) is 0 Å². The van der Waals surface area contributed by atoms with Crippen LogP contribution in [0.1, 0.15) is 5.56 Å². The number of benzene rings is 1. The number of aromatic nitrogens is 1. The average molecular weight is 281 g/mol. The summed E-state index contributed by atoms with van der Waals surface area (Å²) in [4.78, 5) is 4.01. The van der Waals surface area contributed by atoms with E-state index in [-0.39, 0.29) is 5.82 Å². The summed E-state index contributed by atoms with van der Waals surface area (Å²) in [5.41, 5.74) is 1.82. The zero-order chi connectivity index (χ0) is 11.4. The topological polar surface area (TPSA) is 24.9 Å². The zero-order valence-electron chi connectivity index (χ0n) is 8.45. The van der Waals surface area contributed by atoms with E-state index in [1.54, 1.807) is 18.5 Å². The van der Waals surface area contributed by atoms with Crippen molar-refractivity contribution in [2.24, 2.45) is 0 Å². The maximum absolute atomic E-state index is 13.2. The van der Waals surface area contributed by atoms with Gasteiger partial charge in [-0.05, 0) is 45.8 Å². The maximum atomic E-state index is 13.2. The number of nitrogens with zero attached hydrogens (tertiary/aromatic N) is 1. The number of rotatable bonds is 3. The molecule has 0 atom stereocenters. The SMILES string of the molecule is Fc1cc(NCc2cccnc2)ccc1Br. The molecule has 16 heavy (non-hydrogen) atoms. The van der Waals surface area contributed by atoms with Crippen LogP contribution in [-0.4, -0.2) is 4.98 Å². The van der Waals surface area contributed by atoms with Crippen molar-refractivity contribution in [1.29, 1.82) is 0 Å². The van der Waals surface area contributed by atoms with Gasteiger partial charge in [0.2, 0.25) is 0 Å². The van der Waals surface area contributed by atoms with E-state index in [4.69, 9.17) is 0 Å². The molecule has 1 aromatic carbocycles. The first kappa shape index (κ1) is 11.1. The summed E-state index contributed by atoms with van der Waals surface area (Å²) in [6.45, 7) is 0.634. The van der Waals surface area contributed by atoms with Gasteiger partial charge >= 0.3 is 0 Å². The molecule has 0 unspecified atom stereocenters. The third-order valence-corrected chi connectivity index (χ3v) is 2.78. The fourth-order valence-electron chi connectivity index (χ4n) is 1.31. The molecule has 2 nitrogen and oxygen atoms in total. The van der Waals surface area contributed by atoms with E-state index >= 15 is 0 Å². The number of pyridine rings is 1. The Kier molecular flexibility index (Phi) is 3.51. The summed E-state index contributed by atoms with van der Waals surface area (Å²) < 4.78 is 13.7. The molecule has 0 aliphatic rings. The Balaban J connectivity index is 2.03. The minimum Gasteiger partial charge on any atom is -0.381 e. The molecule has 0 saturated carbocycles. The lowest BCUT2D eigenvalue weighted by Gasteiger charge is -2.06. The number of nitrogens with one attached hydrogen (secondary N) is 1. The first-order chi connectivity index (χ1) is 7.75. The van der Waals surface area contributed by atoms with Gasteiger partial charge in [0.15, 0.2) is 0 Å². The molecule has 1 N–H and O–H groups in total. The Bertz CT molecular complexity index is 474. The second-order valence-corrected chi connectivity index (χ2v) is 4.20. The molecule has 0 aliphatic carbocycles. The number of hydrogen-bond donors (Lipinski definition) is 1. The standard InChI is InChI=1S/C12H10BrFN2/c13-11-4-3-10(6-12(11)14)16-8-9-2-1-5-15-7-9/h1-7,16H,8H2. The Morgan fingerprint density at radius 2 is 2.19 bits per heavy atom. The lowest BCUT2D eigenvalue weighted by Crippen LogP contribution is -1.99. The number of halogens is 2. The van der Waals surface area contributed by atoms with Crippen molar-refractivity contribution in [2.75, 3.05) is 5.32 Å². The van der Waals surface area contributed by atoms with E-state index in [1.807, 2.05) is 18.2 Å². The van der Waals surface area contributed by atoms with E-state index < -0.39 is 0 Å². The highest BCUT2D eigenvalue weighted by Crippen LogP contribution is 2.19. The van der Waals surface area contributed by atoms with Crippen LogP contribution in [0, 0.1) is 5.82 Å². The lowest BCUT2D eigenvalue weighted by molar-refractivity contribution is 0.621. The number of anilines is 1. The Hall–Kier alpha value is -1.42. The molecule has 0 bridgehead atoms. The Morgan fingerprint density at radius 3 is 2.88 bits per heavy atom. The van der Waals surface area contributed by atoms with Gasteiger partial charge < -0.3 is 5.32 Å². The molecule has 2 rings (SSSR count). The van der Waals surface area contributed by atoms with Crippen LogP contribution in [-0.2, 0) is 6.54 Å². The molecule has 2 aromatic rings. The second kappa shape index (κ2) is 5.07. The van der Waals surface area contributed by atoms with Crippen LogP contribution >= 0.6 is 15.9 Å². The van der Waals surface area contributed by atoms with Crippen LogP contribution in [0.3, 0.4) is 0 Å². The molecule has 82 valence electrons.